The third-order valence-corrected chi connectivity index (χ3v) is 4.65. The van der Waals surface area contributed by atoms with Crippen LogP contribution in [0.3, 0.4) is 0 Å². The van der Waals surface area contributed by atoms with E-state index in [1.165, 1.54) is 24.1 Å². The summed E-state index contributed by atoms with van der Waals surface area (Å²) in [7, 11) is 0. The summed E-state index contributed by atoms with van der Waals surface area (Å²) in [5, 5.41) is 6.72. The number of aromatic nitrogens is 1. The van der Waals surface area contributed by atoms with Gasteiger partial charge >= 0.3 is 0 Å². The lowest BCUT2D eigenvalue weighted by Crippen LogP contribution is -2.45. The number of amides is 2. The van der Waals surface area contributed by atoms with Crippen LogP contribution >= 0.6 is 0 Å². The molecule has 3 rings (SSSR count). The molecule has 2 aromatic rings. The van der Waals surface area contributed by atoms with Gasteiger partial charge in [-0.05, 0) is 62.8 Å². The molecule has 0 fully saturated rings. The summed E-state index contributed by atoms with van der Waals surface area (Å²) >= 11 is 0. The molecule has 0 aliphatic heterocycles. The molecule has 0 unspecified atom stereocenters. The summed E-state index contributed by atoms with van der Waals surface area (Å²) in [6.07, 6.45) is 5.45. The lowest BCUT2D eigenvalue weighted by Gasteiger charge is -2.14. The highest BCUT2D eigenvalue weighted by atomic mass is 16.2. The van der Waals surface area contributed by atoms with Crippen molar-refractivity contribution in [1.29, 1.82) is 0 Å². The van der Waals surface area contributed by atoms with E-state index < -0.39 is 6.04 Å². The van der Waals surface area contributed by atoms with Gasteiger partial charge in [0, 0.05) is 28.7 Å². The number of aryl methyl sites for hydroxylation is 2. The molecule has 5 heteroatoms. The van der Waals surface area contributed by atoms with Crippen LogP contribution in [0.15, 0.2) is 18.2 Å². The summed E-state index contributed by atoms with van der Waals surface area (Å²) in [5.41, 5.74) is 4.35. The number of aromatic amines is 1. The van der Waals surface area contributed by atoms with Gasteiger partial charge in [0.05, 0.1) is 0 Å². The number of H-pyrrole nitrogens is 1. The third kappa shape index (κ3) is 3.30. The fraction of sp³-hybridized carbons (Fsp3) is 0.474. The van der Waals surface area contributed by atoms with E-state index in [2.05, 4.69) is 15.6 Å². The molecule has 1 aliphatic carbocycles. The van der Waals surface area contributed by atoms with Crippen molar-refractivity contribution in [3.05, 3.63) is 35.0 Å². The second-order valence-electron chi connectivity index (χ2n) is 6.54. The Hall–Kier alpha value is -2.30. The summed E-state index contributed by atoms with van der Waals surface area (Å²) in [4.78, 5) is 27.8. The Balaban J connectivity index is 1.76. The van der Waals surface area contributed by atoms with Crippen LogP contribution in [0.25, 0.3) is 10.9 Å². The second-order valence-corrected chi connectivity index (χ2v) is 6.54. The van der Waals surface area contributed by atoms with E-state index in [0.29, 0.717) is 12.1 Å². The smallest absolute Gasteiger partial charge is 0.251 e. The Morgan fingerprint density at radius 3 is 2.83 bits per heavy atom. The molecule has 0 radical (unpaired) electrons. The molecule has 0 saturated carbocycles. The lowest BCUT2D eigenvalue weighted by molar-refractivity contribution is -0.122. The lowest BCUT2D eigenvalue weighted by atomic mass is 9.95. The Kier molecular flexibility index (Phi) is 4.88. The van der Waals surface area contributed by atoms with Gasteiger partial charge in [-0.15, -0.1) is 0 Å². The molecular weight excluding hydrogens is 302 g/mol. The average molecular weight is 327 g/mol. The Bertz CT molecular complexity index is 763. The summed E-state index contributed by atoms with van der Waals surface area (Å²) in [5.74, 6) is -0.355. The summed E-state index contributed by atoms with van der Waals surface area (Å²) in [6, 6.07) is 5.18. The predicted octanol–water partition coefficient (Wildman–Crippen LogP) is 2.69. The van der Waals surface area contributed by atoms with Crippen LogP contribution in [-0.2, 0) is 17.6 Å². The Labute approximate surface area is 142 Å². The normalized spacial score (nSPS) is 14.9. The predicted molar refractivity (Wildman–Crippen MR) is 95.2 cm³/mol. The molecule has 1 atom stereocenters. The number of benzene rings is 1. The zero-order valence-corrected chi connectivity index (χ0v) is 14.4. The average Bonchev–Trinajstić information content (AvgIpc) is 2.97. The van der Waals surface area contributed by atoms with Gasteiger partial charge < -0.3 is 15.6 Å². The minimum Gasteiger partial charge on any atom is -0.358 e. The minimum atomic E-state index is -0.542. The number of carbonyl (C=O) groups excluding carboxylic acids is 2. The van der Waals surface area contributed by atoms with Gasteiger partial charge in [0.15, 0.2) is 0 Å². The van der Waals surface area contributed by atoms with Gasteiger partial charge in [0.1, 0.15) is 6.04 Å². The largest absolute Gasteiger partial charge is 0.358 e. The minimum absolute atomic E-state index is 0.148. The molecule has 2 amide bonds. The van der Waals surface area contributed by atoms with Crippen LogP contribution in [0.1, 0.15) is 54.7 Å². The van der Waals surface area contributed by atoms with Gasteiger partial charge in [0.25, 0.3) is 5.91 Å². The van der Waals surface area contributed by atoms with E-state index in [9.17, 15) is 9.59 Å². The van der Waals surface area contributed by atoms with Gasteiger partial charge in [-0.2, -0.15) is 0 Å². The van der Waals surface area contributed by atoms with E-state index in [1.54, 1.807) is 6.92 Å². The Morgan fingerprint density at radius 1 is 1.25 bits per heavy atom. The maximum Gasteiger partial charge on any atom is 0.251 e. The molecule has 24 heavy (non-hydrogen) atoms. The SMILES string of the molecule is CCCNC(=O)[C@@H](C)NC(=O)c1ccc2[nH]c3c(c2c1)CCCC3. The molecule has 1 heterocycles. The van der Waals surface area contributed by atoms with Crippen molar-refractivity contribution in [2.45, 2.75) is 52.0 Å². The van der Waals surface area contributed by atoms with Crippen molar-refractivity contribution in [1.82, 2.24) is 15.6 Å². The van der Waals surface area contributed by atoms with Gasteiger partial charge in [-0.25, -0.2) is 0 Å². The number of carbonyl (C=O) groups is 2. The molecule has 0 saturated heterocycles. The van der Waals surface area contributed by atoms with Crippen molar-refractivity contribution < 1.29 is 9.59 Å². The summed E-state index contributed by atoms with van der Waals surface area (Å²) in [6.45, 7) is 4.33. The zero-order valence-electron chi connectivity index (χ0n) is 14.4. The number of hydrogen-bond donors (Lipinski definition) is 3. The maximum absolute atomic E-state index is 12.5. The van der Waals surface area contributed by atoms with Crippen molar-refractivity contribution in [2.24, 2.45) is 0 Å². The molecular formula is C19H25N3O2. The number of hydrogen-bond acceptors (Lipinski definition) is 2. The van der Waals surface area contributed by atoms with E-state index >= 15 is 0 Å². The fourth-order valence-electron chi connectivity index (χ4n) is 3.29. The highest BCUT2D eigenvalue weighted by Crippen LogP contribution is 2.29. The highest BCUT2D eigenvalue weighted by Gasteiger charge is 2.19. The van der Waals surface area contributed by atoms with Crippen LogP contribution < -0.4 is 10.6 Å². The topological polar surface area (TPSA) is 74.0 Å². The fourth-order valence-corrected chi connectivity index (χ4v) is 3.29. The maximum atomic E-state index is 12.5. The molecule has 1 aliphatic rings. The molecule has 128 valence electrons. The molecule has 5 nitrogen and oxygen atoms in total. The number of rotatable bonds is 5. The van der Waals surface area contributed by atoms with Crippen molar-refractivity contribution in [2.75, 3.05) is 6.54 Å². The summed E-state index contributed by atoms with van der Waals surface area (Å²) < 4.78 is 0. The first-order chi connectivity index (χ1) is 11.6. The van der Waals surface area contributed by atoms with Crippen molar-refractivity contribution in [3.63, 3.8) is 0 Å². The van der Waals surface area contributed by atoms with E-state index in [-0.39, 0.29) is 11.8 Å². The van der Waals surface area contributed by atoms with Crippen LogP contribution in [0.2, 0.25) is 0 Å². The number of fused-ring (bicyclic) bond motifs is 3. The standard InChI is InChI=1S/C19H25N3O2/c1-3-10-20-18(23)12(2)21-19(24)13-8-9-17-15(11-13)14-6-4-5-7-16(14)22-17/h8-9,11-12,22H,3-7,10H2,1-2H3,(H,20,23)(H,21,24)/t12-/m1/s1. The van der Waals surface area contributed by atoms with Gasteiger partial charge in [-0.3, -0.25) is 9.59 Å². The Morgan fingerprint density at radius 2 is 2.04 bits per heavy atom. The first kappa shape index (κ1) is 16.6. The van der Waals surface area contributed by atoms with Crippen molar-refractivity contribution >= 4 is 22.7 Å². The second kappa shape index (κ2) is 7.07. The van der Waals surface area contributed by atoms with Crippen LogP contribution in [0, 0.1) is 0 Å². The molecule has 1 aromatic heterocycles. The quantitative estimate of drug-likeness (QED) is 0.790. The van der Waals surface area contributed by atoms with Gasteiger partial charge in [0.2, 0.25) is 5.91 Å². The molecule has 3 N–H and O–H groups in total. The molecule has 0 spiro atoms. The van der Waals surface area contributed by atoms with Gasteiger partial charge in [-0.1, -0.05) is 6.92 Å². The first-order valence-electron chi connectivity index (χ1n) is 8.82. The highest BCUT2D eigenvalue weighted by molar-refractivity contribution is 6.01. The third-order valence-electron chi connectivity index (χ3n) is 4.65. The van der Waals surface area contributed by atoms with E-state index in [0.717, 1.165) is 30.2 Å². The molecule has 0 bridgehead atoms. The monoisotopic (exact) mass is 327 g/mol. The molecule has 1 aromatic carbocycles. The zero-order chi connectivity index (χ0) is 17.1. The number of nitrogens with one attached hydrogen (secondary N) is 3. The van der Waals surface area contributed by atoms with Crippen molar-refractivity contribution in [3.8, 4) is 0 Å². The van der Waals surface area contributed by atoms with E-state index in [1.807, 2.05) is 25.1 Å². The first-order valence-corrected chi connectivity index (χ1v) is 8.82. The van der Waals surface area contributed by atoms with E-state index in [4.69, 9.17) is 0 Å². The van der Waals surface area contributed by atoms with Crippen LogP contribution in [-0.4, -0.2) is 29.4 Å². The van der Waals surface area contributed by atoms with Crippen LogP contribution in [0.4, 0.5) is 0 Å². The van der Waals surface area contributed by atoms with Crippen LogP contribution in [0.5, 0.6) is 0 Å².